The van der Waals surface area contributed by atoms with Crippen molar-refractivity contribution in [3.63, 3.8) is 0 Å². The molecule has 1 atom stereocenters. The number of hydrogen-bond acceptors (Lipinski definition) is 4. The molecule has 2 N–H and O–H groups in total. The van der Waals surface area contributed by atoms with Crippen molar-refractivity contribution < 1.29 is 4.79 Å². The number of aromatic nitrogens is 1. The second kappa shape index (κ2) is 8.04. The van der Waals surface area contributed by atoms with Gasteiger partial charge in [-0.3, -0.25) is 4.79 Å². The van der Waals surface area contributed by atoms with Gasteiger partial charge in [-0.15, -0.1) is 11.3 Å². The van der Waals surface area contributed by atoms with Crippen LogP contribution in [0.5, 0.6) is 0 Å². The average Bonchev–Trinajstić information content (AvgIpc) is 3.05. The van der Waals surface area contributed by atoms with Gasteiger partial charge in [0.05, 0.1) is 11.2 Å². The summed E-state index contributed by atoms with van der Waals surface area (Å²) < 4.78 is 0. The van der Waals surface area contributed by atoms with Crippen LogP contribution in [0.4, 0.5) is 0 Å². The summed E-state index contributed by atoms with van der Waals surface area (Å²) >= 11 is 1.51. The summed E-state index contributed by atoms with van der Waals surface area (Å²) in [5.74, 6) is -0.111. The molecule has 0 radical (unpaired) electrons. The molecule has 1 heterocycles. The zero-order valence-corrected chi connectivity index (χ0v) is 14.6. The lowest BCUT2D eigenvalue weighted by Crippen LogP contribution is -2.49. The predicted octanol–water partition coefficient (Wildman–Crippen LogP) is 3.40. The van der Waals surface area contributed by atoms with Crippen molar-refractivity contribution in [1.82, 2.24) is 15.6 Å². The number of thiazole rings is 1. The van der Waals surface area contributed by atoms with Crippen molar-refractivity contribution in [2.24, 2.45) is 0 Å². The summed E-state index contributed by atoms with van der Waals surface area (Å²) in [4.78, 5) is 16.0. The first-order valence-corrected chi connectivity index (χ1v) is 8.57. The summed E-state index contributed by atoms with van der Waals surface area (Å²) in [7, 11) is 0. The van der Waals surface area contributed by atoms with Gasteiger partial charge in [0.15, 0.2) is 0 Å². The van der Waals surface area contributed by atoms with E-state index >= 15 is 0 Å². The number of amides is 1. The number of carbonyl (C=O) groups excluding carboxylic acids is 1. The van der Waals surface area contributed by atoms with Gasteiger partial charge in [0.25, 0.3) is 0 Å². The molecule has 122 valence electrons. The van der Waals surface area contributed by atoms with Crippen LogP contribution in [0.2, 0.25) is 0 Å². The monoisotopic (exact) mass is 329 g/mol. The fourth-order valence-corrected chi connectivity index (χ4v) is 2.82. The summed E-state index contributed by atoms with van der Waals surface area (Å²) in [6.07, 6.45) is 3.24. The summed E-state index contributed by atoms with van der Waals surface area (Å²) in [5.41, 5.74) is 3.57. The molecule has 0 aliphatic rings. The highest BCUT2D eigenvalue weighted by atomic mass is 32.1. The van der Waals surface area contributed by atoms with E-state index in [4.69, 9.17) is 0 Å². The predicted molar refractivity (Wildman–Crippen MR) is 96.2 cm³/mol. The second-order valence-electron chi connectivity index (χ2n) is 6.13. The zero-order chi connectivity index (χ0) is 16.7. The van der Waals surface area contributed by atoms with E-state index in [1.165, 1.54) is 23.0 Å². The number of nitrogens with one attached hydrogen (secondary N) is 2. The molecule has 1 amide bonds. The van der Waals surface area contributed by atoms with Crippen molar-refractivity contribution in [3.05, 3.63) is 58.6 Å². The van der Waals surface area contributed by atoms with Crippen molar-refractivity contribution in [3.8, 4) is 0 Å². The summed E-state index contributed by atoms with van der Waals surface area (Å²) in [6, 6.07) is 10.5. The van der Waals surface area contributed by atoms with Gasteiger partial charge in [-0.25, -0.2) is 4.98 Å². The lowest BCUT2D eigenvalue weighted by atomic mass is 10.0. The van der Waals surface area contributed by atoms with Crippen LogP contribution in [0.25, 0.3) is 6.08 Å². The number of nitrogens with zero attached hydrogens (tertiary/aromatic N) is 1. The Kier molecular flexibility index (Phi) is 6.07. The van der Waals surface area contributed by atoms with E-state index in [1.807, 2.05) is 23.6 Å². The maximum atomic E-state index is 11.9. The normalized spacial score (nSPS) is 13.2. The number of hydrogen-bond donors (Lipinski definition) is 2. The minimum Gasteiger partial charge on any atom is -0.351 e. The maximum Gasteiger partial charge on any atom is 0.244 e. The molecule has 0 aliphatic heterocycles. The van der Waals surface area contributed by atoms with Gasteiger partial charge < -0.3 is 10.6 Å². The maximum absolute atomic E-state index is 11.9. The van der Waals surface area contributed by atoms with E-state index in [-0.39, 0.29) is 17.5 Å². The third kappa shape index (κ3) is 5.96. The Morgan fingerprint density at radius 1 is 1.35 bits per heavy atom. The Morgan fingerprint density at radius 3 is 2.74 bits per heavy atom. The number of rotatable bonds is 7. The van der Waals surface area contributed by atoms with E-state index in [0.29, 0.717) is 6.54 Å². The van der Waals surface area contributed by atoms with Gasteiger partial charge in [0.2, 0.25) is 5.91 Å². The molecule has 0 fully saturated rings. The quantitative estimate of drug-likeness (QED) is 0.766. The topological polar surface area (TPSA) is 54.0 Å². The smallest absolute Gasteiger partial charge is 0.244 e. The lowest BCUT2D eigenvalue weighted by molar-refractivity contribution is -0.116. The third-order valence-electron chi connectivity index (χ3n) is 3.47. The SMILES string of the molecule is CC(NC(C)(C)CNC(=O)C=Cc1cscn1)c1ccccc1. The van der Waals surface area contributed by atoms with E-state index < -0.39 is 0 Å². The standard InChI is InChI=1S/C18H23N3OS/c1-14(15-7-5-4-6-8-15)21-18(2,3)12-19-17(22)10-9-16-11-23-13-20-16/h4-11,13-14,21H,12H2,1-3H3,(H,19,22). The molecule has 0 aliphatic carbocycles. The van der Waals surface area contributed by atoms with Crippen molar-refractivity contribution in [2.45, 2.75) is 32.4 Å². The Labute approximate surface area is 141 Å². The van der Waals surface area contributed by atoms with Gasteiger partial charge in [-0.2, -0.15) is 0 Å². The molecule has 0 bridgehead atoms. The van der Waals surface area contributed by atoms with Crippen molar-refractivity contribution in [1.29, 1.82) is 0 Å². The Balaban J connectivity index is 1.82. The van der Waals surface area contributed by atoms with Crippen LogP contribution in [0.15, 0.2) is 47.3 Å². The first-order chi connectivity index (χ1) is 11.0. The first-order valence-electron chi connectivity index (χ1n) is 7.63. The third-order valence-corrected chi connectivity index (χ3v) is 4.07. The second-order valence-corrected chi connectivity index (χ2v) is 6.84. The molecule has 0 saturated heterocycles. The van der Waals surface area contributed by atoms with Crippen LogP contribution >= 0.6 is 11.3 Å². The molecule has 1 unspecified atom stereocenters. The summed E-state index contributed by atoms with van der Waals surface area (Å²) in [6.45, 7) is 6.83. The van der Waals surface area contributed by atoms with E-state index in [9.17, 15) is 4.79 Å². The van der Waals surface area contributed by atoms with Crippen molar-refractivity contribution >= 4 is 23.3 Å². The zero-order valence-electron chi connectivity index (χ0n) is 13.7. The molecule has 1 aromatic heterocycles. The molecule has 5 heteroatoms. The Hall–Kier alpha value is -1.98. The highest BCUT2D eigenvalue weighted by molar-refractivity contribution is 7.07. The molecule has 23 heavy (non-hydrogen) atoms. The average molecular weight is 329 g/mol. The minimum absolute atomic E-state index is 0.111. The molecule has 0 spiro atoms. The molecule has 4 nitrogen and oxygen atoms in total. The molecule has 1 aromatic carbocycles. The number of benzene rings is 1. The molecule has 0 saturated carbocycles. The van der Waals surface area contributed by atoms with Crippen LogP contribution in [-0.2, 0) is 4.79 Å². The highest BCUT2D eigenvalue weighted by Gasteiger charge is 2.21. The lowest BCUT2D eigenvalue weighted by Gasteiger charge is -2.30. The fourth-order valence-electron chi connectivity index (χ4n) is 2.29. The van der Waals surface area contributed by atoms with Gasteiger partial charge in [0, 0.05) is 29.6 Å². The van der Waals surface area contributed by atoms with E-state index in [1.54, 1.807) is 11.6 Å². The summed E-state index contributed by atoms with van der Waals surface area (Å²) in [5, 5.41) is 8.38. The van der Waals surface area contributed by atoms with Crippen LogP contribution in [-0.4, -0.2) is 23.0 Å². The van der Waals surface area contributed by atoms with Crippen LogP contribution in [0.3, 0.4) is 0 Å². The van der Waals surface area contributed by atoms with Crippen LogP contribution in [0, 0.1) is 0 Å². The van der Waals surface area contributed by atoms with Gasteiger partial charge in [-0.1, -0.05) is 30.3 Å². The van der Waals surface area contributed by atoms with Crippen LogP contribution in [0.1, 0.15) is 38.1 Å². The Bertz CT molecular complexity index is 636. The van der Waals surface area contributed by atoms with Crippen molar-refractivity contribution in [2.75, 3.05) is 6.54 Å². The minimum atomic E-state index is -0.209. The fraction of sp³-hybridized carbons (Fsp3) is 0.333. The van der Waals surface area contributed by atoms with Gasteiger partial charge >= 0.3 is 0 Å². The largest absolute Gasteiger partial charge is 0.351 e. The van der Waals surface area contributed by atoms with Gasteiger partial charge in [0.1, 0.15) is 0 Å². The van der Waals surface area contributed by atoms with Crippen LogP contribution < -0.4 is 10.6 Å². The molecular weight excluding hydrogens is 306 g/mol. The first kappa shape index (κ1) is 17.4. The van der Waals surface area contributed by atoms with E-state index in [2.05, 4.69) is 48.5 Å². The highest BCUT2D eigenvalue weighted by Crippen LogP contribution is 2.15. The molecular formula is C18H23N3OS. The molecule has 2 rings (SSSR count). The Morgan fingerprint density at radius 2 is 2.09 bits per heavy atom. The number of carbonyl (C=O) groups is 1. The molecule has 2 aromatic rings. The van der Waals surface area contributed by atoms with E-state index in [0.717, 1.165) is 5.69 Å². The van der Waals surface area contributed by atoms with Gasteiger partial charge in [-0.05, 0) is 32.4 Å².